The fourth-order valence-corrected chi connectivity index (χ4v) is 2.98. The zero-order chi connectivity index (χ0) is 18.8. The molecule has 8 nitrogen and oxygen atoms in total. The van der Waals surface area contributed by atoms with Crippen molar-refractivity contribution >= 4 is 17.6 Å². The van der Waals surface area contributed by atoms with Crippen molar-refractivity contribution < 1.29 is 14.3 Å². The highest BCUT2D eigenvalue weighted by Gasteiger charge is 2.24. The number of benzene rings is 2. The molecule has 1 N–H and O–H groups in total. The molecule has 2 aromatic carbocycles. The summed E-state index contributed by atoms with van der Waals surface area (Å²) in [6.45, 7) is 0. The Morgan fingerprint density at radius 1 is 1.15 bits per heavy atom. The summed E-state index contributed by atoms with van der Waals surface area (Å²) in [5.41, 5.74) is 3.26. The summed E-state index contributed by atoms with van der Waals surface area (Å²) in [6.07, 6.45) is 2.03. The molecule has 0 saturated carbocycles. The number of rotatable bonds is 4. The summed E-state index contributed by atoms with van der Waals surface area (Å²) in [7, 11) is 2.99. The standard InChI is InChI=1S/C19H17N5O3/c1-26-15-5-3-4-14(10-15)16-11-17(24-19(20-16)21-22-23-24)12-6-8-13(9-7-12)18(25)27-2/h3-11,17H,1-2H3,(H,20,21,23). The van der Waals surface area contributed by atoms with Crippen LogP contribution in [0, 0.1) is 0 Å². The molecule has 0 radical (unpaired) electrons. The Morgan fingerprint density at radius 3 is 2.70 bits per heavy atom. The maximum Gasteiger partial charge on any atom is 0.337 e. The number of fused-ring (bicyclic) bond motifs is 1. The van der Waals surface area contributed by atoms with Crippen molar-refractivity contribution in [3.8, 4) is 5.75 Å². The Balaban J connectivity index is 1.74. The number of anilines is 1. The van der Waals surface area contributed by atoms with Gasteiger partial charge in [0.1, 0.15) is 11.8 Å². The normalized spacial score (nSPS) is 15.3. The Hall–Kier alpha value is -3.68. The van der Waals surface area contributed by atoms with Crippen LogP contribution in [0.25, 0.3) is 5.70 Å². The number of esters is 1. The van der Waals surface area contributed by atoms with Gasteiger partial charge in [-0.05, 0) is 46.3 Å². The number of aromatic nitrogens is 4. The van der Waals surface area contributed by atoms with Crippen LogP contribution in [0.2, 0.25) is 0 Å². The summed E-state index contributed by atoms with van der Waals surface area (Å²) in [5, 5.41) is 15.1. The van der Waals surface area contributed by atoms with E-state index in [4.69, 9.17) is 9.47 Å². The zero-order valence-corrected chi connectivity index (χ0v) is 14.8. The van der Waals surface area contributed by atoms with Crippen molar-refractivity contribution in [2.45, 2.75) is 6.04 Å². The van der Waals surface area contributed by atoms with Gasteiger partial charge in [0.2, 0.25) is 5.95 Å². The summed E-state index contributed by atoms with van der Waals surface area (Å²) >= 11 is 0. The third-order valence-corrected chi connectivity index (χ3v) is 4.38. The van der Waals surface area contributed by atoms with Gasteiger partial charge in [-0.1, -0.05) is 29.4 Å². The van der Waals surface area contributed by atoms with Crippen molar-refractivity contribution in [1.82, 2.24) is 20.2 Å². The number of tetrazole rings is 1. The van der Waals surface area contributed by atoms with Gasteiger partial charge < -0.3 is 14.8 Å². The number of carbonyl (C=O) groups excluding carboxylic acids is 1. The fraction of sp³-hybridized carbons (Fsp3) is 0.158. The first-order chi connectivity index (χ1) is 13.2. The maximum atomic E-state index is 11.7. The molecule has 0 aliphatic carbocycles. The van der Waals surface area contributed by atoms with Gasteiger partial charge in [0.25, 0.3) is 0 Å². The van der Waals surface area contributed by atoms with Gasteiger partial charge in [-0.2, -0.15) is 4.68 Å². The maximum absolute atomic E-state index is 11.7. The zero-order valence-electron chi connectivity index (χ0n) is 14.8. The van der Waals surface area contributed by atoms with E-state index in [9.17, 15) is 4.79 Å². The predicted molar refractivity (Wildman–Crippen MR) is 98.3 cm³/mol. The lowest BCUT2D eigenvalue weighted by Gasteiger charge is -2.23. The van der Waals surface area contributed by atoms with Crippen LogP contribution in [-0.2, 0) is 4.74 Å². The van der Waals surface area contributed by atoms with E-state index in [2.05, 4.69) is 20.8 Å². The lowest BCUT2D eigenvalue weighted by atomic mass is 10.0. The fourth-order valence-electron chi connectivity index (χ4n) is 2.98. The largest absolute Gasteiger partial charge is 0.497 e. The minimum Gasteiger partial charge on any atom is -0.497 e. The molecule has 0 fully saturated rings. The van der Waals surface area contributed by atoms with E-state index in [-0.39, 0.29) is 12.0 Å². The molecular weight excluding hydrogens is 346 g/mol. The van der Waals surface area contributed by atoms with Gasteiger partial charge in [-0.25, -0.2) is 4.79 Å². The van der Waals surface area contributed by atoms with Gasteiger partial charge in [0.15, 0.2) is 0 Å². The second-order valence-corrected chi connectivity index (χ2v) is 5.94. The second kappa shape index (κ2) is 6.91. The number of nitrogens with one attached hydrogen (secondary N) is 1. The van der Waals surface area contributed by atoms with Crippen molar-refractivity contribution in [1.29, 1.82) is 0 Å². The molecule has 27 heavy (non-hydrogen) atoms. The van der Waals surface area contributed by atoms with E-state index in [1.54, 1.807) is 23.9 Å². The average Bonchev–Trinajstić information content (AvgIpc) is 3.21. The van der Waals surface area contributed by atoms with Crippen LogP contribution in [0.3, 0.4) is 0 Å². The van der Waals surface area contributed by atoms with Crippen molar-refractivity contribution in [3.63, 3.8) is 0 Å². The van der Waals surface area contributed by atoms with Crippen LogP contribution in [0.1, 0.15) is 27.5 Å². The van der Waals surface area contributed by atoms with E-state index < -0.39 is 0 Å². The first-order valence-electron chi connectivity index (χ1n) is 8.29. The van der Waals surface area contributed by atoms with Crippen molar-refractivity contribution in [2.24, 2.45) is 0 Å². The molecule has 4 rings (SSSR count). The molecule has 1 unspecified atom stereocenters. The highest BCUT2D eigenvalue weighted by atomic mass is 16.5. The quantitative estimate of drug-likeness (QED) is 0.712. The summed E-state index contributed by atoms with van der Waals surface area (Å²) in [5.74, 6) is 0.930. The molecule has 0 bridgehead atoms. The van der Waals surface area contributed by atoms with Crippen molar-refractivity contribution in [3.05, 3.63) is 71.3 Å². The number of methoxy groups -OCH3 is 2. The third-order valence-electron chi connectivity index (χ3n) is 4.38. The molecule has 1 atom stereocenters. The lowest BCUT2D eigenvalue weighted by molar-refractivity contribution is 0.0600. The second-order valence-electron chi connectivity index (χ2n) is 5.94. The Labute approximate surface area is 155 Å². The molecule has 3 aromatic rings. The SMILES string of the molecule is COC(=O)c1ccc(C2C=C(c3cccc(OC)c3)Nc3nnnn32)cc1. The number of hydrogen-bond acceptors (Lipinski definition) is 7. The molecule has 0 amide bonds. The number of ether oxygens (including phenoxy) is 2. The first-order valence-corrected chi connectivity index (χ1v) is 8.29. The predicted octanol–water partition coefficient (Wildman–Crippen LogP) is 2.52. The van der Waals surface area contributed by atoms with Gasteiger partial charge in [-0.3, -0.25) is 0 Å². The molecule has 0 saturated heterocycles. The number of nitrogens with zero attached hydrogens (tertiary/aromatic N) is 4. The van der Waals surface area contributed by atoms with E-state index in [1.165, 1.54) is 7.11 Å². The number of allylic oxidation sites excluding steroid dienone is 1. The minimum absolute atomic E-state index is 0.218. The van der Waals surface area contributed by atoms with Crippen LogP contribution >= 0.6 is 0 Å². The molecule has 2 heterocycles. The van der Waals surface area contributed by atoms with Crippen LogP contribution in [0.5, 0.6) is 5.75 Å². The van der Waals surface area contributed by atoms with E-state index in [0.717, 1.165) is 22.6 Å². The Kier molecular flexibility index (Phi) is 4.29. The number of hydrogen-bond donors (Lipinski definition) is 1. The summed E-state index contributed by atoms with van der Waals surface area (Å²) in [4.78, 5) is 11.7. The smallest absolute Gasteiger partial charge is 0.337 e. The molecular formula is C19H17N5O3. The highest BCUT2D eigenvalue weighted by molar-refractivity contribution is 5.89. The van der Waals surface area contributed by atoms with Crippen LogP contribution in [0.4, 0.5) is 5.95 Å². The molecule has 0 spiro atoms. The van der Waals surface area contributed by atoms with Gasteiger partial charge in [0.05, 0.1) is 19.8 Å². The minimum atomic E-state index is -0.373. The Bertz CT molecular complexity index is 1010. The van der Waals surface area contributed by atoms with Crippen LogP contribution in [-0.4, -0.2) is 40.4 Å². The summed E-state index contributed by atoms with van der Waals surface area (Å²) < 4.78 is 11.8. The molecule has 1 aliphatic rings. The first kappa shape index (κ1) is 16.8. The van der Waals surface area contributed by atoms with E-state index in [1.807, 2.05) is 42.5 Å². The highest BCUT2D eigenvalue weighted by Crippen LogP contribution is 2.32. The van der Waals surface area contributed by atoms with E-state index in [0.29, 0.717) is 11.5 Å². The van der Waals surface area contributed by atoms with Crippen LogP contribution in [0.15, 0.2) is 54.6 Å². The molecule has 1 aliphatic heterocycles. The van der Waals surface area contributed by atoms with Gasteiger partial charge in [0, 0.05) is 11.3 Å². The molecule has 8 heteroatoms. The molecule has 1 aromatic heterocycles. The monoisotopic (exact) mass is 363 g/mol. The topological polar surface area (TPSA) is 91.2 Å². The Morgan fingerprint density at radius 2 is 1.96 bits per heavy atom. The number of carbonyl (C=O) groups is 1. The van der Waals surface area contributed by atoms with Gasteiger partial charge >= 0.3 is 5.97 Å². The van der Waals surface area contributed by atoms with E-state index >= 15 is 0 Å². The third kappa shape index (κ3) is 3.12. The van der Waals surface area contributed by atoms with Crippen LogP contribution < -0.4 is 10.1 Å². The van der Waals surface area contributed by atoms with Gasteiger partial charge in [-0.15, -0.1) is 0 Å². The lowest BCUT2D eigenvalue weighted by Crippen LogP contribution is -2.20. The summed E-state index contributed by atoms with van der Waals surface area (Å²) in [6, 6.07) is 14.7. The average molecular weight is 363 g/mol. The van der Waals surface area contributed by atoms with Crippen molar-refractivity contribution in [2.75, 3.05) is 19.5 Å². The molecule has 136 valence electrons.